The van der Waals surface area contributed by atoms with Crippen molar-refractivity contribution in [3.8, 4) is 17.2 Å². The van der Waals surface area contributed by atoms with Crippen LogP contribution >= 0.6 is 0 Å². The Kier molecular flexibility index (Phi) is 8.05. The highest BCUT2D eigenvalue weighted by Crippen LogP contribution is 2.43. The Morgan fingerprint density at radius 3 is 2.60 bits per heavy atom. The van der Waals surface area contributed by atoms with Gasteiger partial charge in [0.05, 0.1) is 24.8 Å². The van der Waals surface area contributed by atoms with Crippen LogP contribution in [0.3, 0.4) is 0 Å². The van der Waals surface area contributed by atoms with E-state index in [0.29, 0.717) is 42.3 Å². The molecule has 1 saturated heterocycles. The number of aliphatic hydroxyl groups is 1. The molecule has 0 spiro atoms. The number of aromatic nitrogens is 1. The summed E-state index contributed by atoms with van der Waals surface area (Å²) in [5.41, 5.74) is 2.90. The molecule has 2 aliphatic heterocycles. The Bertz CT molecular complexity index is 1430. The van der Waals surface area contributed by atoms with Crippen LogP contribution in [0.2, 0.25) is 0 Å². The number of aliphatic hydroxyl groups excluding tert-OH is 1. The fourth-order valence-electron chi connectivity index (χ4n) is 5.21. The Morgan fingerprint density at radius 2 is 1.85 bits per heavy atom. The molecule has 0 unspecified atom stereocenters. The Labute approximate surface area is 234 Å². The lowest BCUT2D eigenvalue weighted by Crippen LogP contribution is -2.29. The van der Waals surface area contributed by atoms with Crippen LogP contribution in [0.25, 0.3) is 5.76 Å². The maximum absolute atomic E-state index is 13.5. The van der Waals surface area contributed by atoms with Gasteiger partial charge in [-0.1, -0.05) is 19.4 Å². The van der Waals surface area contributed by atoms with E-state index in [4.69, 9.17) is 14.2 Å². The van der Waals surface area contributed by atoms with E-state index in [0.717, 1.165) is 29.7 Å². The Hall–Kier alpha value is -4.33. The fraction of sp³-hybridized carbons (Fsp3) is 0.344. The molecule has 2 atom stereocenters. The zero-order valence-corrected chi connectivity index (χ0v) is 23.1. The van der Waals surface area contributed by atoms with Gasteiger partial charge in [-0.25, -0.2) is 0 Å². The molecule has 1 aromatic heterocycles. The largest absolute Gasteiger partial charge is 0.507 e. The van der Waals surface area contributed by atoms with Crippen LogP contribution in [0.15, 0.2) is 66.5 Å². The molecule has 8 nitrogen and oxygen atoms in total. The van der Waals surface area contributed by atoms with Crippen molar-refractivity contribution in [3.63, 3.8) is 0 Å². The Balaban J connectivity index is 1.61. The number of hydrogen-bond donors (Lipinski definition) is 1. The first-order valence-electron chi connectivity index (χ1n) is 13.8. The number of pyridine rings is 1. The minimum Gasteiger partial charge on any atom is -0.507 e. The summed E-state index contributed by atoms with van der Waals surface area (Å²) in [4.78, 5) is 32.6. The molecule has 1 fully saturated rings. The second-order valence-electron chi connectivity index (χ2n) is 10.1. The average molecular weight is 543 g/mol. The minimum absolute atomic E-state index is 0.0352. The highest BCUT2D eigenvalue weighted by molar-refractivity contribution is 6.46. The van der Waals surface area contributed by atoms with Gasteiger partial charge >= 0.3 is 0 Å². The van der Waals surface area contributed by atoms with Crippen molar-refractivity contribution in [1.29, 1.82) is 0 Å². The van der Waals surface area contributed by atoms with Crippen LogP contribution in [0.5, 0.6) is 17.2 Å². The van der Waals surface area contributed by atoms with Gasteiger partial charge in [0.2, 0.25) is 0 Å². The van der Waals surface area contributed by atoms with Crippen LogP contribution in [-0.2, 0) is 22.6 Å². The number of amides is 1. The van der Waals surface area contributed by atoms with Crippen LogP contribution in [0.4, 0.5) is 0 Å². The van der Waals surface area contributed by atoms with E-state index in [1.807, 2.05) is 26.0 Å². The van der Waals surface area contributed by atoms with E-state index in [-0.39, 0.29) is 24.0 Å². The first-order valence-corrected chi connectivity index (χ1v) is 13.8. The molecule has 3 heterocycles. The summed E-state index contributed by atoms with van der Waals surface area (Å²) in [5, 5.41) is 11.6. The molecule has 2 aliphatic rings. The zero-order valence-electron chi connectivity index (χ0n) is 23.1. The lowest BCUT2D eigenvalue weighted by molar-refractivity contribution is -0.140. The number of nitrogens with zero attached hydrogens (tertiary/aromatic N) is 2. The molecule has 0 bridgehead atoms. The smallest absolute Gasteiger partial charge is 0.295 e. The number of ketones is 1. The van der Waals surface area contributed by atoms with E-state index >= 15 is 0 Å². The number of carbonyl (C=O) groups is 2. The second kappa shape index (κ2) is 11.8. The first-order chi connectivity index (χ1) is 19.4. The van der Waals surface area contributed by atoms with Crippen molar-refractivity contribution in [2.24, 2.45) is 0 Å². The van der Waals surface area contributed by atoms with Gasteiger partial charge in [0.15, 0.2) is 11.5 Å². The SMILES string of the molecule is CCCCOc1ccc([C@@H]2/C(=C(\O)c3ccc4c(c3)C[C@@H](C)O4)C(=O)C(=O)N2Cc2ccncc2)cc1OCC. The van der Waals surface area contributed by atoms with Crippen LogP contribution in [0, 0.1) is 0 Å². The quantitative estimate of drug-likeness (QED) is 0.154. The van der Waals surface area contributed by atoms with Gasteiger partial charge in [0.25, 0.3) is 11.7 Å². The molecule has 0 radical (unpaired) electrons. The highest BCUT2D eigenvalue weighted by Gasteiger charge is 2.46. The summed E-state index contributed by atoms with van der Waals surface area (Å²) < 4.78 is 17.7. The molecule has 40 heavy (non-hydrogen) atoms. The third-order valence-electron chi connectivity index (χ3n) is 7.15. The number of hydrogen-bond acceptors (Lipinski definition) is 7. The summed E-state index contributed by atoms with van der Waals surface area (Å²) >= 11 is 0. The average Bonchev–Trinajstić information content (AvgIpc) is 3.45. The fourth-order valence-corrected chi connectivity index (χ4v) is 5.21. The number of ether oxygens (including phenoxy) is 3. The number of unbranched alkanes of at least 4 members (excludes halogenated alkanes) is 1. The van der Waals surface area contributed by atoms with Gasteiger partial charge in [-0.2, -0.15) is 0 Å². The summed E-state index contributed by atoms with van der Waals surface area (Å²) in [7, 11) is 0. The standard InChI is InChI=1S/C32H34N2O6/c1-4-6-15-39-26-10-7-22(18-27(26)38-5-2)29-28(30(35)23-8-9-25-24(17-23)16-20(3)40-25)31(36)32(37)34(29)19-21-11-13-33-14-12-21/h7-14,17-18,20,29,35H,4-6,15-16,19H2,1-3H3/b30-28+/t20-,29-/m1/s1. The minimum atomic E-state index is -0.833. The van der Waals surface area contributed by atoms with Crippen molar-refractivity contribution < 1.29 is 28.9 Å². The van der Waals surface area contributed by atoms with Crippen molar-refractivity contribution in [1.82, 2.24) is 9.88 Å². The number of benzene rings is 2. The highest BCUT2D eigenvalue weighted by atomic mass is 16.5. The molecule has 5 rings (SSSR count). The zero-order chi connectivity index (χ0) is 28.2. The number of fused-ring (bicyclic) bond motifs is 1. The van der Waals surface area contributed by atoms with Gasteiger partial charge in [0.1, 0.15) is 17.6 Å². The van der Waals surface area contributed by atoms with E-state index in [1.165, 1.54) is 4.90 Å². The lowest BCUT2D eigenvalue weighted by Gasteiger charge is -2.26. The van der Waals surface area contributed by atoms with Crippen molar-refractivity contribution in [3.05, 3.63) is 88.8 Å². The second-order valence-corrected chi connectivity index (χ2v) is 10.1. The lowest BCUT2D eigenvalue weighted by atomic mass is 9.94. The van der Waals surface area contributed by atoms with E-state index in [1.54, 1.807) is 48.8 Å². The molecule has 1 N–H and O–H groups in total. The number of Topliss-reactive ketones (excluding diaryl/α,β-unsaturated/α-hetero) is 1. The van der Waals surface area contributed by atoms with Crippen molar-refractivity contribution >= 4 is 17.4 Å². The van der Waals surface area contributed by atoms with Gasteiger partial charge in [0, 0.05) is 30.9 Å². The summed E-state index contributed by atoms with van der Waals surface area (Å²) in [5.74, 6) is 0.251. The maximum atomic E-state index is 13.5. The topological polar surface area (TPSA) is 98.2 Å². The van der Waals surface area contributed by atoms with Gasteiger partial charge < -0.3 is 24.2 Å². The molecular weight excluding hydrogens is 508 g/mol. The third-order valence-corrected chi connectivity index (χ3v) is 7.15. The number of rotatable bonds is 10. The molecule has 0 aliphatic carbocycles. The normalized spacial score (nSPS) is 19.4. The van der Waals surface area contributed by atoms with Gasteiger partial charge in [-0.3, -0.25) is 14.6 Å². The Morgan fingerprint density at radius 1 is 1.05 bits per heavy atom. The maximum Gasteiger partial charge on any atom is 0.295 e. The predicted molar refractivity (Wildman–Crippen MR) is 150 cm³/mol. The molecule has 2 aromatic carbocycles. The predicted octanol–water partition coefficient (Wildman–Crippen LogP) is 5.60. The number of carbonyl (C=O) groups excluding carboxylic acids is 2. The van der Waals surface area contributed by atoms with Gasteiger partial charge in [-0.15, -0.1) is 0 Å². The molecule has 0 saturated carbocycles. The number of likely N-dealkylation sites (tertiary alicyclic amines) is 1. The van der Waals surface area contributed by atoms with E-state index in [2.05, 4.69) is 11.9 Å². The van der Waals surface area contributed by atoms with Crippen molar-refractivity contribution in [2.75, 3.05) is 13.2 Å². The summed E-state index contributed by atoms with van der Waals surface area (Å²) in [6.07, 6.45) is 5.93. The van der Waals surface area contributed by atoms with Gasteiger partial charge in [-0.05, 0) is 79.4 Å². The van der Waals surface area contributed by atoms with Crippen LogP contribution in [-0.4, -0.2) is 46.0 Å². The molecular formula is C32H34N2O6. The molecule has 3 aromatic rings. The summed E-state index contributed by atoms with van der Waals surface area (Å²) in [6.45, 7) is 7.10. The first kappa shape index (κ1) is 27.2. The van der Waals surface area contributed by atoms with E-state index < -0.39 is 17.7 Å². The summed E-state index contributed by atoms with van der Waals surface area (Å²) in [6, 6.07) is 13.5. The molecule has 1 amide bonds. The van der Waals surface area contributed by atoms with E-state index in [9.17, 15) is 14.7 Å². The third kappa shape index (κ3) is 5.39. The monoisotopic (exact) mass is 542 g/mol. The molecule has 8 heteroatoms. The van der Waals surface area contributed by atoms with Crippen LogP contribution < -0.4 is 14.2 Å². The van der Waals surface area contributed by atoms with Crippen LogP contribution in [0.1, 0.15) is 61.9 Å². The molecule has 208 valence electrons. The van der Waals surface area contributed by atoms with Crippen molar-refractivity contribution in [2.45, 2.75) is 58.7 Å².